The van der Waals surface area contributed by atoms with E-state index in [0.717, 1.165) is 43.6 Å². The van der Waals surface area contributed by atoms with Gasteiger partial charge in [0.1, 0.15) is 11.3 Å². The molecule has 0 aromatic carbocycles. The van der Waals surface area contributed by atoms with Gasteiger partial charge in [0.2, 0.25) is 0 Å². The highest BCUT2D eigenvalue weighted by atomic mass is 16.2. The van der Waals surface area contributed by atoms with E-state index in [1.54, 1.807) is 0 Å². The molecule has 0 spiro atoms. The molecule has 0 saturated carbocycles. The van der Waals surface area contributed by atoms with Crippen LogP contribution >= 0.6 is 0 Å². The molecular weight excluding hydrogens is 302 g/mol. The number of likely N-dealkylation sites (tertiary alicyclic amines) is 1. The van der Waals surface area contributed by atoms with Crippen LogP contribution in [0.3, 0.4) is 0 Å². The fraction of sp³-hybridized carbons (Fsp3) is 0.389. The molecule has 1 fully saturated rings. The molecule has 6 nitrogen and oxygen atoms in total. The van der Waals surface area contributed by atoms with Crippen molar-refractivity contribution in [2.45, 2.75) is 38.8 Å². The Hall–Kier alpha value is -2.63. The van der Waals surface area contributed by atoms with Gasteiger partial charge in [-0.15, -0.1) is 0 Å². The first kappa shape index (κ1) is 14.9. The maximum Gasteiger partial charge on any atom is 0.274 e. The SMILES string of the molecule is Cc1cnn(C[C@@H]2CCCCN2C(=O)c2cn3ccccc3n2)c1. The number of carbonyl (C=O) groups is 1. The third-order valence-corrected chi connectivity index (χ3v) is 4.63. The maximum atomic E-state index is 13.0. The van der Waals surface area contributed by atoms with Crippen LogP contribution < -0.4 is 0 Å². The van der Waals surface area contributed by atoms with Gasteiger partial charge in [-0.25, -0.2) is 4.98 Å². The Labute approximate surface area is 140 Å². The van der Waals surface area contributed by atoms with Gasteiger partial charge in [-0.1, -0.05) is 6.07 Å². The van der Waals surface area contributed by atoms with E-state index in [1.807, 2.05) is 63.9 Å². The van der Waals surface area contributed by atoms with Gasteiger partial charge >= 0.3 is 0 Å². The van der Waals surface area contributed by atoms with Crippen molar-refractivity contribution in [3.05, 3.63) is 54.2 Å². The van der Waals surface area contributed by atoms with Crippen molar-refractivity contribution < 1.29 is 4.79 Å². The molecule has 0 unspecified atom stereocenters. The summed E-state index contributed by atoms with van der Waals surface area (Å²) in [7, 11) is 0. The quantitative estimate of drug-likeness (QED) is 0.744. The molecule has 3 aromatic rings. The molecule has 1 aliphatic heterocycles. The zero-order valence-electron chi connectivity index (χ0n) is 13.8. The molecule has 6 heteroatoms. The molecular formula is C18H21N5O. The molecule has 0 N–H and O–H groups in total. The predicted molar refractivity (Wildman–Crippen MR) is 90.8 cm³/mol. The summed E-state index contributed by atoms with van der Waals surface area (Å²) in [5.41, 5.74) is 2.46. The van der Waals surface area contributed by atoms with E-state index in [0.29, 0.717) is 5.69 Å². The number of aromatic nitrogens is 4. The van der Waals surface area contributed by atoms with Crippen LogP contribution in [0.15, 0.2) is 43.0 Å². The summed E-state index contributed by atoms with van der Waals surface area (Å²) < 4.78 is 3.83. The lowest BCUT2D eigenvalue weighted by molar-refractivity contribution is 0.0578. The number of hydrogen-bond acceptors (Lipinski definition) is 3. The summed E-state index contributed by atoms with van der Waals surface area (Å²) in [6, 6.07) is 5.96. The van der Waals surface area contributed by atoms with Crippen LogP contribution in [0.4, 0.5) is 0 Å². The van der Waals surface area contributed by atoms with Crippen LogP contribution in [-0.4, -0.2) is 42.6 Å². The van der Waals surface area contributed by atoms with Gasteiger partial charge in [-0.05, 0) is 43.9 Å². The molecule has 1 saturated heterocycles. The number of fused-ring (bicyclic) bond motifs is 1. The van der Waals surface area contributed by atoms with E-state index in [2.05, 4.69) is 10.1 Å². The Bertz CT molecular complexity index is 832. The first-order valence-electron chi connectivity index (χ1n) is 8.44. The Morgan fingerprint density at radius 3 is 3.00 bits per heavy atom. The summed E-state index contributed by atoms with van der Waals surface area (Å²) in [6.07, 6.45) is 10.8. The van der Waals surface area contributed by atoms with Gasteiger partial charge in [-0.3, -0.25) is 9.48 Å². The zero-order chi connectivity index (χ0) is 16.5. The lowest BCUT2D eigenvalue weighted by Crippen LogP contribution is -2.46. The van der Waals surface area contributed by atoms with Crippen molar-refractivity contribution in [2.24, 2.45) is 0 Å². The van der Waals surface area contributed by atoms with E-state index in [-0.39, 0.29) is 11.9 Å². The number of amides is 1. The molecule has 3 aromatic heterocycles. The van der Waals surface area contributed by atoms with Crippen LogP contribution in [0.25, 0.3) is 5.65 Å². The molecule has 24 heavy (non-hydrogen) atoms. The minimum absolute atomic E-state index is 0.0206. The van der Waals surface area contributed by atoms with Gasteiger partial charge < -0.3 is 9.30 Å². The first-order chi connectivity index (χ1) is 11.7. The van der Waals surface area contributed by atoms with Gasteiger partial charge in [0.15, 0.2) is 0 Å². The second-order valence-electron chi connectivity index (χ2n) is 6.48. The number of carbonyl (C=O) groups excluding carboxylic acids is 1. The average molecular weight is 323 g/mol. The summed E-state index contributed by atoms with van der Waals surface area (Å²) in [6.45, 7) is 3.56. The van der Waals surface area contributed by atoms with E-state index in [1.165, 1.54) is 0 Å². The highest BCUT2D eigenvalue weighted by Crippen LogP contribution is 2.21. The standard InChI is InChI=1S/C18H21N5O/c1-14-10-19-22(11-14)12-15-6-2-5-9-23(15)18(24)16-13-21-8-4-3-7-17(21)20-16/h3-4,7-8,10-11,13,15H,2,5-6,9,12H2,1H3/t15-/m0/s1. The van der Waals surface area contributed by atoms with Gasteiger partial charge in [0.25, 0.3) is 5.91 Å². The van der Waals surface area contributed by atoms with Crippen molar-refractivity contribution >= 4 is 11.6 Å². The third kappa shape index (κ3) is 2.79. The Balaban J connectivity index is 1.58. The van der Waals surface area contributed by atoms with Crippen LogP contribution in [0.1, 0.15) is 35.3 Å². The second kappa shape index (κ2) is 6.11. The third-order valence-electron chi connectivity index (χ3n) is 4.63. The fourth-order valence-corrected chi connectivity index (χ4v) is 3.43. The number of imidazole rings is 1. The zero-order valence-corrected chi connectivity index (χ0v) is 13.8. The fourth-order valence-electron chi connectivity index (χ4n) is 3.43. The van der Waals surface area contributed by atoms with E-state index in [4.69, 9.17) is 0 Å². The molecule has 4 rings (SSSR count). The number of nitrogens with zero attached hydrogens (tertiary/aromatic N) is 5. The number of pyridine rings is 1. The van der Waals surface area contributed by atoms with Crippen LogP contribution in [-0.2, 0) is 6.54 Å². The van der Waals surface area contributed by atoms with Gasteiger partial charge in [0, 0.05) is 25.1 Å². The Kier molecular flexibility index (Phi) is 3.80. The number of hydrogen-bond donors (Lipinski definition) is 0. The normalized spacial score (nSPS) is 18.2. The topological polar surface area (TPSA) is 55.4 Å². The average Bonchev–Trinajstić information content (AvgIpc) is 3.20. The lowest BCUT2D eigenvalue weighted by Gasteiger charge is -2.35. The monoisotopic (exact) mass is 323 g/mol. The van der Waals surface area contributed by atoms with Crippen LogP contribution in [0, 0.1) is 6.92 Å². The smallest absolute Gasteiger partial charge is 0.274 e. The van der Waals surface area contributed by atoms with E-state index >= 15 is 0 Å². The Morgan fingerprint density at radius 2 is 2.21 bits per heavy atom. The summed E-state index contributed by atoms with van der Waals surface area (Å²) in [5, 5.41) is 4.37. The highest BCUT2D eigenvalue weighted by molar-refractivity contribution is 5.93. The molecule has 1 atom stereocenters. The van der Waals surface area contributed by atoms with Gasteiger partial charge in [0.05, 0.1) is 18.8 Å². The van der Waals surface area contributed by atoms with Crippen molar-refractivity contribution in [3.63, 3.8) is 0 Å². The largest absolute Gasteiger partial charge is 0.332 e. The predicted octanol–water partition coefficient (Wildman–Crippen LogP) is 2.53. The lowest BCUT2D eigenvalue weighted by atomic mass is 10.0. The molecule has 1 amide bonds. The summed E-state index contributed by atoms with van der Waals surface area (Å²) in [5.74, 6) is 0.0206. The summed E-state index contributed by atoms with van der Waals surface area (Å²) >= 11 is 0. The minimum atomic E-state index is 0.0206. The highest BCUT2D eigenvalue weighted by Gasteiger charge is 2.29. The van der Waals surface area contributed by atoms with Crippen molar-refractivity contribution in [3.8, 4) is 0 Å². The van der Waals surface area contributed by atoms with E-state index < -0.39 is 0 Å². The van der Waals surface area contributed by atoms with Crippen molar-refractivity contribution in [1.29, 1.82) is 0 Å². The molecule has 0 radical (unpaired) electrons. The minimum Gasteiger partial charge on any atom is -0.332 e. The van der Waals surface area contributed by atoms with Gasteiger partial charge in [-0.2, -0.15) is 5.10 Å². The van der Waals surface area contributed by atoms with E-state index in [9.17, 15) is 4.79 Å². The maximum absolute atomic E-state index is 13.0. The molecule has 0 bridgehead atoms. The number of aryl methyl sites for hydroxylation is 1. The summed E-state index contributed by atoms with van der Waals surface area (Å²) in [4.78, 5) is 19.5. The van der Waals surface area contributed by atoms with Crippen LogP contribution in [0.5, 0.6) is 0 Å². The van der Waals surface area contributed by atoms with Crippen LogP contribution in [0.2, 0.25) is 0 Å². The first-order valence-corrected chi connectivity index (χ1v) is 8.44. The molecule has 1 aliphatic rings. The van der Waals surface area contributed by atoms with Crippen molar-refractivity contribution in [2.75, 3.05) is 6.54 Å². The number of piperidine rings is 1. The number of rotatable bonds is 3. The van der Waals surface area contributed by atoms with Crippen molar-refractivity contribution in [1.82, 2.24) is 24.1 Å². The molecule has 0 aliphatic carbocycles. The Morgan fingerprint density at radius 1 is 1.29 bits per heavy atom. The second-order valence-corrected chi connectivity index (χ2v) is 6.48. The molecule has 124 valence electrons. The molecule has 4 heterocycles.